The van der Waals surface area contributed by atoms with E-state index in [2.05, 4.69) is 15.0 Å². The third-order valence-corrected chi connectivity index (χ3v) is 5.26. The molecule has 0 aliphatic heterocycles. The van der Waals surface area contributed by atoms with Gasteiger partial charge in [-0.05, 0) is 23.3 Å². The molecule has 1 heterocycles. The molecule has 1 amide bonds. The predicted molar refractivity (Wildman–Crippen MR) is 114 cm³/mol. The molecule has 0 unspecified atom stereocenters. The van der Waals surface area contributed by atoms with Crippen LogP contribution in [-0.2, 0) is 17.9 Å². The number of thiazole rings is 1. The van der Waals surface area contributed by atoms with Crippen LogP contribution in [0.3, 0.4) is 0 Å². The number of carbonyl (C=O) groups is 1. The highest BCUT2D eigenvalue weighted by molar-refractivity contribution is 7.13. The van der Waals surface area contributed by atoms with Gasteiger partial charge < -0.3 is 19.5 Å². The summed E-state index contributed by atoms with van der Waals surface area (Å²) in [5, 5.41) is 5.06. The summed E-state index contributed by atoms with van der Waals surface area (Å²) < 4.78 is 51.7. The molecule has 0 saturated heterocycles. The van der Waals surface area contributed by atoms with Crippen molar-refractivity contribution in [1.82, 2.24) is 10.3 Å². The standard InChI is InChI=1S/C22H21F3N2O4S/c1-29-18-5-3-4-16(19(18)30-2)21-27-17(12-32-21)20(28)26-10-14-6-8-15(9-7-14)11-31-13-22(23,24)25/h3-9,12H,10-11,13H2,1-2H3,(H,26,28). The summed E-state index contributed by atoms with van der Waals surface area (Å²) in [6.45, 7) is -1.18. The Balaban J connectivity index is 1.58. The number of aromatic nitrogens is 1. The number of hydrogen-bond acceptors (Lipinski definition) is 6. The minimum atomic E-state index is -4.35. The van der Waals surface area contributed by atoms with Crippen molar-refractivity contribution in [2.75, 3.05) is 20.8 Å². The molecule has 6 nitrogen and oxygen atoms in total. The molecule has 1 N–H and O–H groups in total. The molecule has 1 aromatic heterocycles. The van der Waals surface area contributed by atoms with Gasteiger partial charge in [0.25, 0.3) is 5.91 Å². The van der Waals surface area contributed by atoms with Gasteiger partial charge in [0, 0.05) is 11.9 Å². The van der Waals surface area contributed by atoms with Gasteiger partial charge in [-0.1, -0.05) is 30.3 Å². The van der Waals surface area contributed by atoms with Crippen molar-refractivity contribution in [3.8, 4) is 22.1 Å². The van der Waals surface area contributed by atoms with Gasteiger partial charge in [-0.15, -0.1) is 11.3 Å². The molecule has 32 heavy (non-hydrogen) atoms. The summed E-state index contributed by atoms with van der Waals surface area (Å²) in [6, 6.07) is 12.2. The number of nitrogens with zero attached hydrogens (tertiary/aromatic N) is 1. The molecule has 0 fully saturated rings. The maximum Gasteiger partial charge on any atom is 0.411 e. The maximum absolute atomic E-state index is 12.5. The van der Waals surface area contributed by atoms with Crippen molar-refractivity contribution in [2.45, 2.75) is 19.3 Å². The Hall–Kier alpha value is -3.11. The molecule has 170 valence electrons. The van der Waals surface area contributed by atoms with E-state index in [9.17, 15) is 18.0 Å². The highest BCUT2D eigenvalue weighted by Crippen LogP contribution is 2.38. The number of amides is 1. The molecule has 0 aliphatic rings. The topological polar surface area (TPSA) is 69.7 Å². The molecule has 0 spiro atoms. The second-order valence-corrected chi connectivity index (χ2v) is 7.54. The first-order chi connectivity index (χ1) is 15.3. The zero-order chi connectivity index (χ0) is 23.1. The largest absolute Gasteiger partial charge is 0.493 e. The number of carbonyl (C=O) groups excluding carboxylic acids is 1. The van der Waals surface area contributed by atoms with Crippen molar-refractivity contribution in [3.05, 3.63) is 64.7 Å². The maximum atomic E-state index is 12.5. The zero-order valence-electron chi connectivity index (χ0n) is 17.4. The smallest absolute Gasteiger partial charge is 0.411 e. The molecule has 3 aromatic rings. The van der Waals surface area contributed by atoms with E-state index in [4.69, 9.17) is 9.47 Å². The lowest BCUT2D eigenvalue weighted by molar-refractivity contribution is -0.176. The fraction of sp³-hybridized carbons (Fsp3) is 0.273. The number of para-hydroxylation sites is 1. The lowest BCUT2D eigenvalue weighted by Gasteiger charge is -2.10. The molecule has 0 saturated carbocycles. The van der Waals surface area contributed by atoms with E-state index in [1.807, 2.05) is 12.1 Å². The first-order valence-corrected chi connectivity index (χ1v) is 10.4. The lowest BCUT2D eigenvalue weighted by Crippen LogP contribution is -2.23. The van der Waals surface area contributed by atoms with Crippen molar-refractivity contribution < 1.29 is 32.2 Å². The number of benzene rings is 2. The van der Waals surface area contributed by atoms with E-state index in [1.54, 1.807) is 42.8 Å². The summed E-state index contributed by atoms with van der Waals surface area (Å²) in [6.07, 6.45) is -4.35. The summed E-state index contributed by atoms with van der Waals surface area (Å²) >= 11 is 1.31. The highest BCUT2D eigenvalue weighted by Gasteiger charge is 2.27. The van der Waals surface area contributed by atoms with Gasteiger partial charge in [0.05, 0.1) is 26.4 Å². The Morgan fingerprint density at radius 3 is 2.44 bits per heavy atom. The zero-order valence-corrected chi connectivity index (χ0v) is 18.2. The molecule has 3 rings (SSSR count). The second kappa shape index (κ2) is 10.5. The first kappa shape index (κ1) is 23.6. The molecule has 0 atom stereocenters. The van der Waals surface area contributed by atoms with Crippen LogP contribution in [0.4, 0.5) is 13.2 Å². The van der Waals surface area contributed by atoms with Crippen molar-refractivity contribution in [3.63, 3.8) is 0 Å². The Bertz CT molecular complexity index is 1050. The van der Waals surface area contributed by atoms with Gasteiger partial charge >= 0.3 is 6.18 Å². The average Bonchev–Trinajstić information content (AvgIpc) is 3.27. The van der Waals surface area contributed by atoms with Gasteiger partial charge in [0.1, 0.15) is 17.3 Å². The van der Waals surface area contributed by atoms with Crippen LogP contribution in [0, 0.1) is 0 Å². The van der Waals surface area contributed by atoms with Crippen LogP contribution in [0.1, 0.15) is 21.6 Å². The molecule has 0 bridgehead atoms. The second-order valence-electron chi connectivity index (χ2n) is 6.69. The third-order valence-electron chi connectivity index (χ3n) is 4.38. The quantitative estimate of drug-likeness (QED) is 0.489. The SMILES string of the molecule is COc1cccc(-c2nc(C(=O)NCc3ccc(COCC(F)(F)F)cc3)cs2)c1OC. The first-order valence-electron chi connectivity index (χ1n) is 9.48. The van der Waals surface area contributed by atoms with Crippen molar-refractivity contribution in [2.24, 2.45) is 0 Å². The fourth-order valence-corrected chi connectivity index (χ4v) is 3.69. The molecule has 0 radical (unpaired) electrons. The Kier molecular flexibility index (Phi) is 7.70. The Labute approximate surface area is 187 Å². The lowest BCUT2D eigenvalue weighted by atomic mass is 10.1. The summed E-state index contributed by atoms with van der Waals surface area (Å²) in [7, 11) is 3.08. The average molecular weight is 466 g/mol. The van der Waals surface area contributed by atoms with Crippen LogP contribution in [0.5, 0.6) is 11.5 Å². The van der Waals surface area contributed by atoms with Gasteiger partial charge in [-0.3, -0.25) is 4.79 Å². The van der Waals surface area contributed by atoms with Crippen LogP contribution >= 0.6 is 11.3 Å². The molecule has 10 heteroatoms. The summed E-state index contributed by atoms with van der Waals surface area (Å²) in [5.74, 6) is 0.765. The predicted octanol–water partition coefficient (Wildman–Crippen LogP) is 4.84. The number of ether oxygens (including phenoxy) is 3. The molecular formula is C22H21F3N2O4S. The van der Waals surface area contributed by atoms with E-state index >= 15 is 0 Å². The monoisotopic (exact) mass is 466 g/mol. The van der Waals surface area contributed by atoms with Crippen LogP contribution in [0.2, 0.25) is 0 Å². The van der Waals surface area contributed by atoms with Crippen LogP contribution in [0.15, 0.2) is 47.8 Å². The van der Waals surface area contributed by atoms with Crippen LogP contribution < -0.4 is 14.8 Å². The van der Waals surface area contributed by atoms with E-state index in [0.29, 0.717) is 22.1 Å². The third kappa shape index (κ3) is 6.21. The summed E-state index contributed by atoms with van der Waals surface area (Å²) in [4.78, 5) is 16.9. The van der Waals surface area contributed by atoms with Crippen molar-refractivity contribution in [1.29, 1.82) is 0 Å². The minimum Gasteiger partial charge on any atom is -0.493 e. The fourth-order valence-electron chi connectivity index (χ4n) is 2.87. The Morgan fingerprint density at radius 1 is 1.06 bits per heavy atom. The highest BCUT2D eigenvalue weighted by atomic mass is 32.1. The van der Waals surface area contributed by atoms with E-state index in [0.717, 1.165) is 11.1 Å². The van der Waals surface area contributed by atoms with E-state index in [-0.39, 0.29) is 24.8 Å². The van der Waals surface area contributed by atoms with Crippen molar-refractivity contribution >= 4 is 17.2 Å². The Morgan fingerprint density at radius 2 is 1.78 bits per heavy atom. The number of nitrogens with one attached hydrogen (secondary N) is 1. The van der Waals surface area contributed by atoms with Gasteiger partial charge in [-0.2, -0.15) is 13.2 Å². The number of hydrogen-bond donors (Lipinski definition) is 1. The number of rotatable bonds is 9. The molecule has 0 aliphatic carbocycles. The van der Waals surface area contributed by atoms with Gasteiger partial charge in [-0.25, -0.2) is 4.98 Å². The van der Waals surface area contributed by atoms with Crippen LogP contribution in [-0.4, -0.2) is 37.9 Å². The number of methoxy groups -OCH3 is 2. The van der Waals surface area contributed by atoms with Gasteiger partial charge in [0.15, 0.2) is 11.5 Å². The minimum absolute atomic E-state index is 0.137. The summed E-state index contributed by atoms with van der Waals surface area (Å²) in [5.41, 5.74) is 2.40. The number of alkyl halides is 3. The molecule has 2 aromatic carbocycles. The van der Waals surface area contributed by atoms with Gasteiger partial charge in [0.2, 0.25) is 0 Å². The normalized spacial score (nSPS) is 11.3. The van der Waals surface area contributed by atoms with Crippen LogP contribution in [0.25, 0.3) is 10.6 Å². The van der Waals surface area contributed by atoms with E-state index in [1.165, 1.54) is 18.4 Å². The van der Waals surface area contributed by atoms with E-state index < -0.39 is 12.8 Å². The number of halogens is 3. The molecular weight excluding hydrogens is 445 g/mol.